The van der Waals surface area contributed by atoms with Crippen molar-refractivity contribution in [3.05, 3.63) is 52.1 Å². The molecule has 0 unspecified atom stereocenters. The first-order valence-corrected chi connectivity index (χ1v) is 5.83. The number of rotatable bonds is 4. The number of benzene rings is 1. The minimum Gasteiger partial charge on any atom is -0.399 e. The molecule has 0 spiro atoms. The van der Waals surface area contributed by atoms with Gasteiger partial charge in [-0.2, -0.15) is 0 Å². The van der Waals surface area contributed by atoms with E-state index in [1.54, 1.807) is 0 Å². The molecule has 0 fully saturated rings. The van der Waals surface area contributed by atoms with Crippen molar-refractivity contribution in [3.63, 3.8) is 0 Å². The normalized spacial score (nSPS) is 10.4. The lowest BCUT2D eigenvalue weighted by Crippen LogP contribution is -2.12. The highest BCUT2D eigenvalue weighted by molar-refractivity contribution is 5.39. The average Bonchev–Trinajstić information content (AvgIpc) is 2.30. The molecular weight excluding hydrogens is 228 g/mol. The van der Waals surface area contributed by atoms with E-state index in [9.17, 15) is 4.79 Å². The maximum absolute atomic E-state index is 11.2. The zero-order valence-electron chi connectivity index (χ0n) is 10.0. The van der Waals surface area contributed by atoms with Crippen LogP contribution in [0.5, 0.6) is 0 Å². The Hall–Kier alpha value is -2.30. The van der Waals surface area contributed by atoms with Crippen LogP contribution in [0.15, 0.2) is 35.1 Å². The maximum atomic E-state index is 11.2. The van der Waals surface area contributed by atoms with Crippen molar-refractivity contribution >= 4 is 11.5 Å². The van der Waals surface area contributed by atoms with E-state index in [1.165, 1.54) is 11.6 Å². The summed E-state index contributed by atoms with van der Waals surface area (Å²) in [4.78, 5) is 18.0. The molecule has 0 aliphatic rings. The van der Waals surface area contributed by atoms with Gasteiger partial charge in [-0.15, -0.1) is 0 Å². The van der Waals surface area contributed by atoms with E-state index in [0.717, 1.165) is 18.5 Å². The maximum Gasteiger partial charge on any atom is 0.252 e. The summed E-state index contributed by atoms with van der Waals surface area (Å²) in [6, 6.07) is 9.06. The number of nitrogens with two attached hydrogens (primary N) is 2. The number of H-pyrrole nitrogens is 1. The van der Waals surface area contributed by atoms with Gasteiger partial charge in [0.15, 0.2) is 0 Å². The van der Waals surface area contributed by atoms with Crippen molar-refractivity contribution in [3.8, 4) is 0 Å². The van der Waals surface area contributed by atoms with Crippen LogP contribution in [0.3, 0.4) is 0 Å². The summed E-state index contributed by atoms with van der Waals surface area (Å²) in [5, 5.41) is 0. The van der Waals surface area contributed by atoms with Gasteiger partial charge in [-0.3, -0.25) is 4.79 Å². The zero-order valence-corrected chi connectivity index (χ0v) is 10.0. The van der Waals surface area contributed by atoms with Crippen LogP contribution in [0.4, 0.5) is 11.5 Å². The topological polar surface area (TPSA) is 97.8 Å². The third-order valence-electron chi connectivity index (χ3n) is 2.67. The van der Waals surface area contributed by atoms with Crippen molar-refractivity contribution in [2.24, 2.45) is 0 Å². The number of aryl methyl sites for hydroxylation is 2. The van der Waals surface area contributed by atoms with E-state index in [0.29, 0.717) is 12.2 Å². The Morgan fingerprint density at radius 1 is 1.11 bits per heavy atom. The van der Waals surface area contributed by atoms with Crippen molar-refractivity contribution in [1.29, 1.82) is 0 Å². The molecule has 2 rings (SSSR count). The minimum absolute atomic E-state index is 0.204. The Labute approximate surface area is 105 Å². The molecule has 1 aromatic heterocycles. The Morgan fingerprint density at radius 3 is 2.50 bits per heavy atom. The number of aromatic amines is 1. The highest BCUT2D eigenvalue weighted by Crippen LogP contribution is 2.09. The van der Waals surface area contributed by atoms with Gasteiger partial charge in [-0.25, -0.2) is 4.98 Å². The Kier molecular flexibility index (Phi) is 3.62. The molecular formula is C13H16N4O. The fourth-order valence-corrected chi connectivity index (χ4v) is 1.79. The van der Waals surface area contributed by atoms with Crippen molar-refractivity contribution < 1.29 is 0 Å². The van der Waals surface area contributed by atoms with Crippen molar-refractivity contribution in [2.75, 3.05) is 11.5 Å². The summed E-state index contributed by atoms with van der Waals surface area (Å²) >= 11 is 0. The van der Waals surface area contributed by atoms with Crippen LogP contribution in [0.2, 0.25) is 0 Å². The fraction of sp³-hybridized carbons (Fsp3) is 0.231. The third-order valence-corrected chi connectivity index (χ3v) is 2.67. The van der Waals surface area contributed by atoms with Gasteiger partial charge in [0.2, 0.25) is 0 Å². The van der Waals surface area contributed by atoms with Crippen molar-refractivity contribution in [2.45, 2.75) is 19.3 Å². The predicted octanol–water partition coefficient (Wildman–Crippen LogP) is 1.11. The lowest BCUT2D eigenvalue weighted by atomic mass is 10.1. The number of aromatic nitrogens is 2. The van der Waals surface area contributed by atoms with Crippen molar-refractivity contribution in [1.82, 2.24) is 9.97 Å². The zero-order chi connectivity index (χ0) is 13.0. The summed E-state index contributed by atoms with van der Waals surface area (Å²) in [6.07, 6.45) is 2.51. The van der Waals surface area contributed by atoms with E-state index in [4.69, 9.17) is 11.5 Å². The van der Waals surface area contributed by atoms with Gasteiger partial charge >= 0.3 is 0 Å². The number of anilines is 2. The van der Waals surface area contributed by atoms with E-state index < -0.39 is 0 Å². The van der Waals surface area contributed by atoms with Crippen LogP contribution < -0.4 is 17.0 Å². The Bertz CT molecular complexity index is 574. The fourth-order valence-electron chi connectivity index (χ4n) is 1.79. The molecule has 0 bridgehead atoms. The molecule has 94 valence electrons. The molecule has 5 N–H and O–H groups in total. The van der Waals surface area contributed by atoms with E-state index in [2.05, 4.69) is 9.97 Å². The monoisotopic (exact) mass is 244 g/mol. The molecule has 0 radical (unpaired) electrons. The molecule has 0 aliphatic heterocycles. The van der Waals surface area contributed by atoms with Crippen LogP contribution in [0, 0.1) is 0 Å². The highest BCUT2D eigenvalue weighted by Gasteiger charge is 1.99. The molecule has 1 aromatic carbocycles. The first-order valence-electron chi connectivity index (χ1n) is 5.83. The van der Waals surface area contributed by atoms with Crippen LogP contribution in [-0.2, 0) is 12.8 Å². The van der Waals surface area contributed by atoms with Gasteiger partial charge in [0.05, 0.1) is 0 Å². The van der Waals surface area contributed by atoms with Gasteiger partial charge in [0.25, 0.3) is 5.56 Å². The van der Waals surface area contributed by atoms with E-state index in [-0.39, 0.29) is 11.4 Å². The second-order valence-corrected chi connectivity index (χ2v) is 4.21. The number of nitrogen functional groups attached to an aromatic ring is 2. The number of nitrogens with one attached hydrogen (secondary N) is 1. The Balaban J connectivity index is 1.92. The number of hydrogen-bond donors (Lipinski definition) is 3. The molecule has 5 nitrogen and oxygen atoms in total. The molecule has 0 amide bonds. The average molecular weight is 244 g/mol. The number of nitrogens with zero attached hydrogens (tertiary/aromatic N) is 1. The summed E-state index contributed by atoms with van der Waals surface area (Å²) in [6.45, 7) is 0. The van der Waals surface area contributed by atoms with Crippen LogP contribution in [0.25, 0.3) is 0 Å². The van der Waals surface area contributed by atoms with Gasteiger partial charge < -0.3 is 16.5 Å². The van der Waals surface area contributed by atoms with Crippen LogP contribution in [-0.4, -0.2) is 9.97 Å². The molecule has 0 atom stereocenters. The molecule has 2 aromatic rings. The second-order valence-electron chi connectivity index (χ2n) is 4.21. The summed E-state index contributed by atoms with van der Waals surface area (Å²) in [5.41, 5.74) is 12.9. The van der Waals surface area contributed by atoms with Gasteiger partial charge in [0.1, 0.15) is 11.6 Å². The molecule has 1 heterocycles. The Morgan fingerprint density at radius 2 is 1.83 bits per heavy atom. The van der Waals surface area contributed by atoms with Crippen LogP contribution in [0.1, 0.15) is 17.8 Å². The molecule has 0 aliphatic carbocycles. The third kappa shape index (κ3) is 3.35. The lowest BCUT2D eigenvalue weighted by molar-refractivity contribution is 0.768. The van der Waals surface area contributed by atoms with E-state index in [1.807, 2.05) is 24.3 Å². The largest absolute Gasteiger partial charge is 0.399 e. The van der Waals surface area contributed by atoms with Gasteiger partial charge in [-0.05, 0) is 30.5 Å². The smallest absolute Gasteiger partial charge is 0.252 e. The van der Waals surface area contributed by atoms with Gasteiger partial charge in [-0.1, -0.05) is 12.1 Å². The van der Waals surface area contributed by atoms with E-state index >= 15 is 0 Å². The SMILES string of the molecule is Nc1ccc(CCCc2nc(N)cc(=O)[nH]2)cc1. The second kappa shape index (κ2) is 5.35. The van der Waals surface area contributed by atoms with Gasteiger partial charge in [0, 0.05) is 18.2 Å². The standard InChI is InChI=1S/C13H16N4O/c14-10-6-4-9(5-7-10)2-1-3-12-16-11(15)8-13(18)17-12/h4-8H,1-3,14H2,(H3,15,16,17,18). The highest BCUT2D eigenvalue weighted by atomic mass is 16.1. The first-order chi connectivity index (χ1) is 8.63. The molecule has 0 saturated carbocycles. The quantitative estimate of drug-likeness (QED) is 0.702. The molecule has 0 saturated heterocycles. The first kappa shape index (κ1) is 12.2. The summed E-state index contributed by atoms with van der Waals surface area (Å²) in [7, 11) is 0. The molecule has 5 heteroatoms. The summed E-state index contributed by atoms with van der Waals surface area (Å²) < 4.78 is 0. The lowest BCUT2D eigenvalue weighted by Gasteiger charge is -2.03. The molecule has 18 heavy (non-hydrogen) atoms. The minimum atomic E-state index is -0.204. The summed E-state index contributed by atoms with van der Waals surface area (Å²) in [5.74, 6) is 0.900. The predicted molar refractivity (Wildman–Crippen MR) is 72.1 cm³/mol. The van der Waals surface area contributed by atoms with Crippen LogP contribution >= 0.6 is 0 Å². The number of hydrogen-bond acceptors (Lipinski definition) is 4.